The number of fused-ring (bicyclic) bond motifs is 1. The van der Waals surface area contributed by atoms with Crippen LogP contribution in [0.5, 0.6) is 0 Å². The monoisotopic (exact) mass is 341 g/mol. The van der Waals surface area contributed by atoms with Crippen LogP contribution in [0.3, 0.4) is 0 Å². The third-order valence-corrected chi connectivity index (χ3v) is 4.07. The molecule has 0 spiro atoms. The molecule has 0 saturated heterocycles. The summed E-state index contributed by atoms with van der Waals surface area (Å²) in [4.78, 5) is 26.2. The highest BCUT2D eigenvalue weighted by Crippen LogP contribution is 2.22. The highest BCUT2D eigenvalue weighted by molar-refractivity contribution is 5.90. The Kier molecular flexibility index (Phi) is 4.60. The minimum absolute atomic E-state index is 0.152. The van der Waals surface area contributed by atoms with Gasteiger partial charge in [-0.3, -0.25) is 9.59 Å². The molecular weight excluding hydrogens is 322 g/mol. The van der Waals surface area contributed by atoms with E-state index in [4.69, 9.17) is 4.42 Å². The first-order chi connectivity index (χ1) is 12.0. The highest BCUT2D eigenvalue weighted by atomic mass is 16.4. The van der Waals surface area contributed by atoms with Gasteiger partial charge >= 0.3 is 0 Å². The Hall–Kier alpha value is -3.03. The molecule has 2 aromatic heterocycles. The first-order valence-corrected chi connectivity index (χ1v) is 8.04. The standard InChI is InChI=1S/C17H19N5O3/c1-4-13-18-19-14(25-13)9-22(3)17(24)10(2)15-11-7-5-6-8-12(11)16(23)21-20-15/h5-8,10H,4,9H2,1-3H3,(H,21,23). The fourth-order valence-corrected chi connectivity index (χ4v) is 2.69. The Balaban J connectivity index is 1.85. The second-order valence-corrected chi connectivity index (χ2v) is 5.84. The predicted molar refractivity (Wildman–Crippen MR) is 90.9 cm³/mol. The molecule has 2 heterocycles. The van der Waals surface area contributed by atoms with E-state index in [9.17, 15) is 9.59 Å². The molecule has 1 N–H and O–H groups in total. The Morgan fingerprint density at radius 1 is 1.24 bits per heavy atom. The van der Waals surface area contributed by atoms with E-state index in [-0.39, 0.29) is 18.0 Å². The fourth-order valence-electron chi connectivity index (χ4n) is 2.69. The summed E-state index contributed by atoms with van der Waals surface area (Å²) in [6.07, 6.45) is 0.647. The summed E-state index contributed by atoms with van der Waals surface area (Å²) in [5.41, 5.74) is 0.261. The van der Waals surface area contributed by atoms with Crippen LogP contribution >= 0.6 is 0 Å². The maximum atomic E-state index is 12.8. The number of H-pyrrole nitrogens is 1. The van der Waals surface area contributed by atoms with Crippen molar-refractivity contribution < 1.29 is 9.21 Å². The average molecular weight is 341 g/mol. The lowest BCUT2D eigenvalue weighted by Gasteiger charge is -2.20. The lowest BCUT2D eigenvalue weighted by Crippen LogP contribution is -2.31. The van der Waals surface area contributed by atoms with E-state index in [1.54, 1.807) is 32.2 Å². The van der Waals surface area contributed by atoms with Crippen LogP contribution in [0.25, 0.3) is 10.8 Å². The zero-order valence-electron chi connectivity index (χ0n) is 14.3. The SMILES string of the molecule is CCc1nnc(CN(C)C(=O)C(C)c2n[nH]c(=O)c3ccccc23)o1. The first-order valence-electron chi connectivity index (χ1n) is 8.04. The summed E-state index contributed by atoms with van der Waals surface area (Å²) in [6, 6.07) is 7.10. The molecular formula is C17H19N5O3. The van der Waals surface area contributed by atoms with Crippen LogP contribution in [-0.2, 0) is 17.8 Å². The fraction of sp³-hybridized carbons (Fsp3) is 0.353. The molecule has 1 atom stereocenters. The van der Waals surface area contributed by atoms with E-state index in [0.717, 1.165) is 0 Å². The van der Waals surface area contributed by atoms with Crippen molar-refractivity contribution in [3.63, 3.8) is 0 Å². The smallest absolute Gasteiger partial charge is 0.272 e. The number of nitrogens with one attached hydrogen (secondary N) is 1. The van der Waals surface area contributed by atoms with E-state index >= 15 is 0 Å². The molecule has 1 aromatic carbocycles. The van der Waals surface area contributed by atoms with Gasteiger partial charge in [-0.1, -0.05) is 25.1 Å². The number of carbonyl (C=O) groups is 1. The molecule has 0 fully saturated rings. The number of rotatable bonds is 5. The normalized spacial score (nSPS) is 12.3. The predicted octanol–water partition coefficient (Wildman–Crippen LogP) is 1.63. The number of hydrogen-bond donors (Lipinski definition) is 1. The van der Waals surface area contributed by atoms with Crippen molar-refractivity contribution in [1.82, 2.24) is 25.3 Å². The first kappa shape index (κ1) is 16.8. The summed E-state index contributed by atoms with van der Waals surface area (Å²) in [7, 11) is 1.67. The third-order valence-electron chi connectivity index (χ3n) is 4.07. The Bertz CT molecular complexity index is 962. The van der Waals surface area contributed by atoms with Crippen LogP contribution in [0.15, 0.2) is 33.5 Å². The molecule has 1 unspecified atom stereocenters. The molecule has 0 aliphatic rings. The van der Waals surface area contributed by atoms with Crippen molar-refractivity contribution in [2.75, 3.05) is 7.05 Å². The number of hydrogen-bond acceptors (Lipinski definition) is 6. The lowest BCUT2D eigenvalue weighted by atomic mass is 10.0. The zero-order valence-corrected chi connectivity index (χ0v) is 14.3. The summed E-state index contributed by atoms with van der Waals surface area (Å²) in [6.45, 7) is 3.90. The van der Waals surface area contributed by atoms with Crippen LogP contribution in [0.1, 0.15) is 37.2 Å². The average Bonchev–Trinajstić information content (AvgIpc) is 3.08. The second-order valence-electron chi connectivity index (χ2n) is 5.84. The number of aromatic amines is 1. The number of aryl methyl sites for hydroxylation is 1. The zero-order chi connectivity index (χ0) is 18.0. The minimum Gasteiger partial charge on any atom is -0.423 e. The van der Waals surface area contributed by atoms with E-state index in [1.165, 1.54) is 4.90 Å². The number of nitrogens with zero attached hydrogens (tertiary/aromatic N) is 4. The van der Waals surface area contributed by atoms with Gasteiger partial charge in [0.2, 0.25) is 17.7 Å². The van der Waals surface area contributed by atoms with E-state index in [0.29, 0.717) is 34.7 Å². The largest absolute Gasteiger partial charge is 0.423 e. The third kappa shape index (κ3) is 3.28. The molecule has 8 nitrogen and oxygen atoms in total. The van der Waals surface area contributed by atoms with Crippen molar-refractivity contribution in [2.45, 2.75) is 32.7 Å². The number of amides is 1. The molecule has 0 radical (unpaired) electrons. The molecule has 3 rings (SSSR count). The molecule has 8 heteroatoms. The van der Waals surface area contributed by atoms with Crippen LogP contribution in [0.4, 0.5) is 0 Å². The van der Waals surface area contributed by atoms with E-state index in [1.807, 2.05) is 13.0 Å². The van der Waals surface area contributed by atoms with Gasteiger partial charge in [-0.05, 0) is 13.0 Å². The summed E-state index contributed by atoms with van der Waals surface area (Å²) >= 11 is 0. The summed E-state index contributed by atoms with van der Waals surface area (Å²) in [5, 5.41) is 15.6. The van der Waals surface area contributed by atoms with Gasteiger partial charge in [0.05, 0.1) is 23.5 Å². The van der Waals surface area contributed by atoms with Gasteiger partial charge in [0.1, 0.15) is 0 Å². The number of likely N-dealkylation sites (N-methyl/N-ethyl adjacent to an activating group) is 1. The number of carbonyl (C=O) groups excluding carboxylic acids is 1. The van der Waals surface area contributed by atoms with Crippen molar-refractivity contribution in [2.24, 2.45) is 0 Å². The van der Waals surface area contributed by atoms with Crippen LogP contribution in [0, 0.1) is 0 Å². The summed E-state index contributed by atoms with van der Waals surface area (Å²) in [5.74, 6) is 0.248. The van der Waals surface area contributed by atoms with Crippen LogP contribution in [-0.4, -0.2) is 38.2 Å². The maximum absolute atomic E-state index is 12.8. The Morgan fingerprint density at radius 2 is 1.92 bits per heavy atom. The second kappa shape index (κ2) is 6.84. The van der Waals surface area contributed by atoms with Gasteiger partial charge in [-0.15, -0.1) is 10.2 Å². The van der Waals surface area contributed by atoms with Gasteiger partial charge in [0.15, 0.2) is 0 Å². The maximum Gasteiger partial charge on any atom is 0.272 e. The topological polar surface area (TPSA) is 105 Å². The van der Waals surface area contributed by atoms with E-state index < -0.39 is 5.92 Å². The van der Waals surface area contributed by atoms with Crippen LogP contribution < -0.4 is 5.56 Å². The van der Waals surface area contributed by atoms with Gasteiger partial charge in [-0.25, -0.2) is 5.10 Å². The molecule has 0 aliphatic carbocycles. The lowest BCUT2D eigenvalue weighted by molar-refractivity contribution is -0.132. The number of aromatic nitrogens is 4. The molecule has 3 aromatic rings. The Morgan fingerprint density at radius 3 is 2.60 bits per heavy atom. The molecule has 25 heavy (non-hydrogen) atoms. The van der Waals surface area contributed by atoms with Crippen molar-refractivity contribution in [1.29, 1.82) is 0 Å². The molecule has 0 saturated carbocycles. The van der Waals surface area contributed by atoms with Crippen molar-refractivity contribution in [3.8, 4) is 0 Å². The molecule has 0 bridgehead atoms. The van der Waals surface area contributed by atoms with Gasteiger partial charge in [0.25, 0.3) is 5.56 Å². The van der Waals surface area contributed by atoms with Crippen LogP contribution in [0.2, 0.25) is 0 Å². The quantitative estimate of drug-likeness (QED) is 0.756. The van der Waals surface area contributed by atoms with Gasteiger partial charge in [0, 0.05) is 18.9 Å². The Labute approximate surface area is 143 Å². The minimum atomic E-state index is -0.527. The molecule has 0 aliphatic heterocycles. The highest BCUT2D eigenvalue weighted by Gasteiger charge is 2.24. The van der Waals surface area contributed by atoms with Crippen molar-refractivity contribution in [3.05, 3.63) is 52.1 Å². The van der Waals surface area contributed by atoms with Crippen molar-refractivity contribution >= 4 is 16.7 Å². The van der Waals surface area contributed by atoms with Gasteiger partial charge in [-0.2, -0.15) is 5.10 Å². The van der Waals surface area contributed by atoms with E-state index in [2.05, 4.69) is 20.4 Å². The number of benzene rings is 1. The summed E-state index contributed by atoms with van der Waals surface area (Å²) < 4.78 is 5.45. The molecule has 130 valence electrons. The van der Waals surface area contributed by atoms with Gasteiger partial charge < -0.3 is 9.32 Å². The molecule has 1 amide bonds.